The third-order valence-electron chi connectivity index (χ3n) is 2.13. The van der Waals surface area contributed by atoms with E-state index < -0.39 is 11.4 Å². The van der Waals surface area contributed by atoms with Crippen LogP contribution in [0.2, 0.25) is 0 Å². The van der Waals surface area contributed by atoms with Crippen molar-refractivity contribution in [3.05, 3.63) is 29.6 Å². The number of rotatable bonds is 3. The van der Waals surface area contributed by atoms with Crippen LogP contribution in [-0.2, 0) is 5.60 Å². The second-order valence-electron chi connectivity index (χ2n) is 3.36. The number of methoxy groups -OCH3 is 1. The van der Waals surface area contributed by atoms with Gasteiger partial charge in [0.1, 0.15) is 11.6 Å². The van der Waals surface area contributed by atoms with Crippen LogP contribution < -0.4 is 10.5 Å². The van der Waals surface area contributed by atoms with E-state index in [1.165, 1.54) is 26.2 Å². The Kier molecular flexibility index (Phi) is 3.08. The average molecular weight is 199 g/mol. The molecule has 78 valence electrons. The molecule has 0 heterocycles. The number of aliphatic hydroxyl groups is 1. The van der Waals surface area contributed by atoms with Crippen molar-refractivity contribution < 1.29 is 14.2 Å². The molecule has 0 aliphatic rings. The lowest BCUT2D eigenvalue weighted by atomic mass is 9.96. The van der Waals surface area contributed by atoms with E-state index in [2.05, 4.69) is 0 Å². The molecule has 1 rings (SSSR count). The largest absolute Gasteiger partial charge is 0.497 e. The van der Waals surface area contributed by atoms with Crippen LogP contribution in [0.4, 0.5) is 4.39 Å². The molecule has 0 saturated carbocycles. The van der Waals surface area contributed by atoms with Gasteiger partial charge in [-0.2, -0.15) is 0 Å². The maximum atomic E-state index is 13.0. The molecule has 0 aromatic heterocycles. The van der Waals surface area contributed by atoms with Gasteiger partial charge >= 0.3 is 0 Å². The Hall–Kier alpha value is -1.13. The topological polar surface area (TPSA) is 55.5 Å². The summed E-state index contributed by atoms with van der Waals surface area (Å²) in [7, 11) is 1.44. The van der Waals surface area contributed by atoms with Gasteiger partial charge in [-0.05, 0) is 24.6 Å². The fourth-order valence-corrected chi connectivity index (χ4v) is 1.11. The summed E-state index contributed by atoms with van der Waals surface area (Å²) in [6.07, 6.45) is 0. The normalized spacial score (nSPS) is 14.9. The summed E-state index contributed by atoms with van der Waals surface area (Å²) < 4.78 is 17.9. The van der Waals surface area contributed by atoms with Crippen LogP contribution in [0.5, 0.6) is 5.75 Å². The summed E-state index contributed by atoms with van der Waals surface area (Å²) in [4.78, 5) is 0. The van der Waals surface area contributed by atoms with Gasteiger partial charge < -0.3 is 15.6 Å². The van der Waals surface area contributed by atoms with E-state index >= 15 is 0 Å². The molecule has 1 unspecified atom stereocenters. The number of halogens is 1. The standard InChI is InChI=1S/C10H14FNO2/c1-10(13,6-12)7-3-8(11)5-9(4-7)14-2/h3-5,13H,6,12H2,1-2H3. The van der Waals surface area contributed by atoms with E-state index in [1.54, 1.807) is 6.07 Å². The van der Waals surface area contributed by atoms with Gasteiger partial charge in [0.05, 0.1) is 12.7 Å². The van der Waals surface area contributed by atoms with Gasteiger partial charge in [0.2, 0.25) is 0 Å². The van der Waals surface area contributed by atoms with Crippen molar-refractivity contribution in [1.82, 2.24) is 0 Å². The second kappa shape index (κ2) is 3.94. The minimum Gasteiger partial charge on any atom is -0.497 e. The van der Waals surface area contributed by atoms with Crippen molar-refractivity contribution in [1.29, 1.82) is 0 Å². The summed E-state index contributed by atoms with van der Waals surface area (Å²) in [6.45, 7) is 1.56. The van der Waals surface area contributed by atoms with Gasteiger partial charge in [0.15, 0.2) is 0 Å². The Labute approximate surface area is 82.3 Å². The van der Waals surface area contributed by atoms with E-state index in [0.29, 0.717) is 11.3 Å². The van der Waals surface area contributed by atoms with Crippen LogP contribution in [0.1, 0.15) is 12.5 Å². The van der Waals surface area contributed by atoms with Gasteiger partial charge in [-0.1, -0.05) is 0 Å². The van der Waals surface area contributed by atoms with Gasteiger partial charge in [0.25, 0.3) is 0 Å². The zero-order chi connectivity index (χ0) is 10.8. The molecule has 4 heteroatoms. The SMILES string of the molecule is COc1cc(F)cc(C(C)(O)CN)c1. The lowest BCUT2D eigenvalue weighted by molar-refractivity contribution is 0.0662. The molecule has 0 amide bonds. The Morgan fingerprint density at radius 3 is 2.64 bits per heavy atom. The lowest BCUT2D eigenvalue weighted by Gasteiger charge is -2.22. The lowest BCUT2D eigenvalue weighted by Crippen LogP contribution is -2.31. The van der Waals surface area contributed by atoms with E-state index in [9.17, 15) is 9.50 Å². The number of benzene rings is 1. The molecule has 3 nitrogen and oxygen atoms in total. The maximum Gasteiger partial charge on any atom is 0.127 e. The highest BCUT2D eigenvalue weighted by atomic mass is 19.1. The zero-order valence-electron chi connectivity index (χ0n) is 8.25. The molecule has 14 heavy (non-hydrogen) atoms. The first kappa shape index (κ1) is 10.9. The molecule has 3 N–H and O–H groups in total. The number of ether oxygens (including phenoxy) is 1. The van der Waals surface area contributed by atoms with Crippen LogP contribution in [0, 0.1) is 5.82 Å². The molecule has 0 fully saturated rings. The molecule has 1 aromatic carbocycles. The van der Waals surface area contributed by atoms with E-state index in [-0.39, 0.29) is 6.54 Å². The van der Waals surface area contributed by atoms with Crippen molar-refractivity contribution >= 4 is 0 Å². The Morgan fingerprint density at radius 1 is 1.50 bits per heavy atom. The summed E-state index contributed by atoms with van der Waals surface area (Å²) in [5.41, 5.74) is 4.55. The molecular weight excluding hydrogens is 185 g/mol. The summed E-state index contributed by atoms with van der Waals surface area (Å²) in [5, 5.41) is 9.79. The first-order valence-electron chi connectivity index (χ1n) is 4.27. The van der Waals surface area contributed by atoms with Gasteiger partial charge in [-0.25, -0.2) is 4.39 Å². The summed E-state index contributed by atoms with van der Waals surface area (Å²) in [6, 6.07) is 4.06. The molecular formula is C10H14FNO2. The number of hydrogen-bond acceptors (Lipinski definition) is 3. The molecule has 0 spiro atoms. The second-order valence-corrected chi connectivity index (χ2v) is 3.36. The third-order valence-corrected chi connectivity index (χ3v) is 2.13. The van der Waals surface area contributed by atoms with Crippen LogP contribution in [0.15, 0.2) is 18.2 Å². The minimum atomic E-state index is -1.23. The predicted octanol–water partition coefficient (Wildman–Crippen LogP) is 1.00. The van der Waals surface area contributed by atoms with Gasteiger partial charge in [-0.15, -0.1) is 0 Å². The average Bonchev–Trinajstić information content (AvgIpc) is 2.16. The highest BCUT2D eigenvalue weighted by Gasteiger charge is 2.22. The maximum absolute atomic E-state index is 13.0. The predicted molar refractivity (Wildman–Crippen MR) is 51.6 cm³/mol. The van der Waals surface area contributed by atoms with E-state index in [4.69, 9.17) is 10.5 Å². The number of hydrogen-bond donors (Lipinski definition) is 2. The first-order chi connectivity index (χ1) is 6.49. The number of nitrogens with two attached hydrogens (primary N) is 1. The van der Waals surface area contributed by atoms with Crippen molar-refractivity contribution in [2.24, 2.45) is 5.73 Å². The monoisotopic (exact) mass is 199 g/mol. The molecule has 0 radical (unpaired) electrons. The van der Waals surface area contributed by atoms with E-state index in [0.717, 1.165) is 0 Å². The summed E-state index contributed by atoms with van der Waals surface area (Å²) in [5.74, 6) is -0.0817. The molecule has 0 aliphatic carbocycles. The molecule has 0 bridgehead atoms. The molecule has 1 aromatic rings. The van der Waals surface area contributed by atoms with E-state index in [1.807, 2.05) is 0 Å². The minimum absolute atomic E-state index is 0.0274. The van der Waals surface area contributed by atoms with Gasteiger partial charge in [0, 0.05) is 12.6 Å². The van der Waals surface area contributed by atoms with Crippen molar-refractivity contribution in [2.75, 3.05) is 13.7 Å². The smallest absolute Gasteiger partial charge is 0.127 e. The fourth-order valence-electron chi connectivity index (χ4n) is 1.11. The highest BCUT2D eigenvalue weighted by Crippen LogP contribution is 2.24. The van der Waals surface area contributed by atoms with Crippen molar-refractivity contribution in [2.45, 2.75) is 12.5 Å². The summed E-state index contributed by atoms with van der Waals surface area (Å²) >= 11 is 0. The van der Waals surface area contributed by atoms with Crippen LogP contribution in [0.3, 0.4) is 0 Å². The van der Waals surface area contributed by atoms with Gasteiger partial charge in [-0.3, -0.25) is 0 Å². The first-order valence-corrected chi connectivity index (χ1v) is 4.27. The van der Waals surface area contributed by atoms with Crippen LogP contribution in [-0.4, -0.2) is 18.8 Å². The third kappa shape index (κ3) is 2.21. The van der Waals surface area contributed by atoms with Crippen LogP contribution in [0.25, 0.3) is 0 Å². The van der Waals surface area contributed by atoms with Crippen LogP contribution >= 0.6 is 0 Å². The Morgan fingerprint density at radius 2 is 2.14 bits per heavy atom. The highest BCUT2D eigenvalue weighted by molar-refractivity contribution is 5.33. The fraction of sp³-hybridized carbons (Fsp3) is 0.400. The van der Waals surface area contributed by atoms with Crippen molar-refractivity contribution in [3.63, 3.8) is 0 Å². The van der Waals surface area contributed by atoms with Crippen molar-refractivity contribution in [3.8, 4) is 5.75 Å². The Bertz CT molecular complexity index is 326. The molecule has 0 saturated heterocycles. The molecule has 1 atom stereocenters. The molecule has 0 aliphatic heterocycles. The quantitative estimate of drug-likeness (QED) is 0.763. The Balaban J connectivity index is 3.15. The zero-order valence-corrected chi connectivity index (χ0v) is 8.25.